The molecule has 3 aromatic rings. The summed E-state index contributed by atoms with van der Waals surface area (Å²) in [5.74, 6) is 0. The molecule has 0 saturated heterocycles. The zero-order valence-electron chi connectivity index (χ0n) is 11.2. The first-order valence-corrected chi connectivity index (χ1v) is 7.39. The minimum absolute atomic E-state index is 0.0441. The van der Waals surface area contributed by atoms with Gasteiger partial charge < -0.3 is 5.73 Å². The predicted octanol–water partition coefficient (Wildman–Crippen LogP) is 4.57. The van der Waals surface area contributed by atoms with Crippen LogP contribution in [-0.4, -0.2) is 0 Å². The minimum Gasteiger partial charge on any atom is -0.320 e. The molecule has 0 amide bonds. The number of rotatable bonds is 2. The average Bonchev–Trinajstić information content (AvgIpc) is 2.84. The number of thiophene rings is 1. The standard InChI is InChI=1S/C17H17NS/c1-11-7-8-13-5-3-4-6-14(13)16(11)17(18)15-10-19-9-12(15)2/h3-10,17H,18H2,1-2H3. The van der Waals surface area contributed by atoms with Crippen LogP contribution in [0.4, 0.5) is 0 Å². The molecule has 1 atom stereocenters. The Labute approximate surface area is 117 Å². The van der Waals surface area contributed by atoms with E-state index in [4.69, 9.17) is 5.73 Å². The van der Waals surface area contributed by atoms with Gasteiger partial charge in [-0.05, 0) is 57.6 Å². The van der Waals surface area contributed by atoms with Crippen LogP contribution in [0.3, 0.4) is 0 Å². The van der Waals surface area contributed by atoms with Gasteiger partial charge in [0.05, 0.1) is 6.04 Å². The van der Waals surface area contributed by atoms with E-state index in [2.05, 4.69) is 61.0 Å². The van der Waals surface area contributed by atoms with Gasteiger partial charge in [-0.1, -0.05) is 36.4 Å². The first kappa shape index (κ1) is 12.4. The third kappa shape index (κ3) is 2.07. The summed E-state index contributed by atoms with van der Waals surface area (Å²) in [6.07, 6.45) is 0. The molecule has 0 radical (unpaired) electrons. The number of aryl methyl sites for hydroxylation is 2. The molecule has 2 aromatic carbocycles. The van der Waals surface area contributed by atoms with E-state index >= 15 is 0 Å². The van der Waals surface area contributed by atoms with E-state index in [0.29, 0.717) is 0 Å². The largest absolute Gasteiger partial charge is 0.320 e. The maximum atomic E-state index is 6.54. The molecule has 2 heteroatoms. The maximum absolute atomic E-state index is 6.54. The molecular weight excluding hydrogens is 250 g/mol. The Morgan fingerprint density at radius 3 is 2.47 bits per heavy atom. The second kappa shape index (κ2) is 4.80. The van der Waals surface area contributed by atoms with Gasteiger partial charge in [-0.15, -0.1) is 0 Å². The predicted molar refractivity (Wildman–Crippen MR) is 83.8 cm³/mol. The molecule has 1 heterocycles. The molecule has 2 N–H and O–H groups in total. The van der Waals surface area contributed by atoms with Crippen LogP contribution in [0.25, 0.3) is 10.8 Å². The number of nitrogens with two attached hydrogens (primary N) is 1. The fourth-order valence-corrected chi connectivity index (χ4v) is 3.55. The molecule has 0 aliphatic heterocycles. The van der Waals surface area contributed by atoms with Crippen molar-refractivity contribution in [2.45, 2.75) is 19.9 Å². The monoisotopic (exact) mass is 267 g/mol. The molecule has 0 saturated carbocycles. The number of benzene rings is 2. The summed E-state index contributed by atoms with van der Waals surface area (Å²) in [5.41, 5.74) is 11.6. The van der Waals surface area contributed by atoms with Gasteiger partial charge in [0.15, 0.2) is 0 Å². The lowest BCUT2D eigenvalue weighted by Gasteiger charge is -2.18. The van der Waals surface area contributed by atoms with Crippen LogP contribution in [0.5, 0.6) is 0 Å². The first-order chi connectivity index (χ1) is 9.18. The average molecular weight is 267 g/mol. The number of hydrogen-bond acceptors (Lipinski definition) is 2. The number of hydrogen-bond donors (Lipinski definition) is 1. The maximum Gasteiger partial charge on any atom is 0.0571 e. The second-order valence-electron chi connectivity index (χ2n) is 5.01. The summed E-state index contributed by atoms with van der Waals surface area (Å²) in [4.78, 5) is 0. The highest BCUT2D eigenvalue weighted by Crippen LogP contribution is 2.32. The van der Waals surface area contributed by atoms with E-state index < -0.39 is 0 Å². The fraction of sp³-hybridized carbons (Fsp3) is 0.176. The van der Waals surface area contributed by atoms with Gasteiger partial charge in [-0.3, -0.25) is 0 Å². The van der Waals surface area contributed by atoms with Crippen LogP contribution >= 0.6 is 11.3 Å². The van der Waals surface area contributed by atoms with Gasteiger partial charge in [0, 0.05) is 0 Å². The molecule has 96 valence electrons. The van der Waals surface area contributed by atoms with Crippen LogP contribution in [0.1, 0.15) is 28.3 Å². The highest BCUT2D eigenvalue weighted by atomic mass is 32.1. The Kier molecular flexibility index (Phi) is 3.13. The van der Waals surface area contributed by atoms with Crippen LogP contribution in [-0.2, 0) is 0 Å². The topological polar surface area (TPSA) is 26.0 Å². The Balaban J connectivity index is 2.24. The zero-order chi connectivity index (χ0) is 13.4. The van der Waals surface area contributed by atoms with Gasteiger partial charge >= 0.3 is 0 Å². The van der Waals surface area contributed by atoms with Crippen molar-refractivity contribution in [1.82, 2.24) is 0 Å². The van der Waals surface area contributed by atoms with Crippen molar-refractivity contribution in [2.75, 3.05) is 0 Å². The molecule has 0 aliphatic rings. The molecule has 1 unspecified atom stereocenters. The van der Waals surface area contributed by atoms with Crippen LogP contribution in [0, 0.1) is 13.8 Å². The van der Waals surface area contributed by atoms with E-state index in [-0.39, 0.29) is 6.04 Å². The summed E-state index contributed by atoms with van der Waals surface area (Å²) in [6, 6.07) is 12.8. The van der Waals surface area contributed by atoms with Crippen molar-refractivity contribution in [3.8, 4) is 0 Å². The van der Waals surface area contributed by atoms with E-state index in [0.717, 1.165) is 0 Å². The van der Waals surface area contributed by atoms with E-state index in [9.17, 15) is 0 Å². The van der Waals surface area contributed by atoms with Crippen molar-refractivity contribution >= 4 is 22.1 Å². The molecule has 1 nitrogen and oxygen atoms in total. The van der Waals surface area contributed by atoms with Crippen LogP contribution < -0.4 is 5.73 Å². The highest BCUT2D eigenvalue weighted by molar-refractivity contribution is 7.08. The van der Waals surface area contributed by atoms with E-state index in [1.807, 2.05) is 0 Å². The summed E-state index contributed by atoms with van der Waals surface area (Å²) < 4.78 is 0. The Hall–Kier alpha value is -1.64. The van der Waals surface area contributed by atoms with Crippen molar-refractivity contribution in [3.63, 3.8) is 0 Å². The van der Waals surface area contributed by atoms with E-state index in [1.165, 1.54) is 33.0 Å². The fourth-order valence-electron chi connectivity index (χ4n) is 2.66. The third-order valence-corrected chi connectivity index (χ3v) is 4.61. The first-order valence-electron chi connectivity index (χ1n) is 6.45. The molecule has 0 spiro atoms. The van der Waals surface area contributed by atoms with Crippen molar-refractivity contribution < 1.29 is 0 Å². The van der Waals surface area contributed by atoms with Crippen LogP contribution in [0.15, 0.2) is 47.2 Å². The van der Waals surface area contributed by atoms with Gasteiger partial charge in [0.1, 0.15) is 0 Å². The molecule has 0 bridgehead atoms. The van der Waals surface area contributed by atoms with Gasteiger partial charge in [0.2, 0.25) is 0 Å². The molecule has 3 rings (SSSR count). The van der Waals surface area contributed by atoms with Crippen molar-refractivity contribution in [1.29, 1.82) is 0 Å². The normalized spacial score (nSPS) is 12.8. The van der Waals surface area contributed by atoms with Gasteiger partial charge in [-0.2, -0.15) is 11.3 Å². The lowest BCUT2D eigenvalue weighted by atomic mass is 9.90. The zero-order valence-corrected chi connectivity index (χ0v) is 12.0. The highest BCUT2D eigenvalue weighted by Gasteiger charge is 2.16. The van der Waals surface area contributed by atoms with Gasteiger partial charge in [0.25, 0.3) is 0 Å². The smallest absolute Gasteiger partial charge is 0.0571 e. The Morgan fingerprint density at radius 1 is 0.947 bits per heavy atom. The van der Waals surface area contributed by atoms with Crippen molar-refractivity contribution in [3.05, 3.63) is 69.4 Å². The van der Waals surface area contributed by atoms with Crippen molar-refractivity contribution in [2.24, 2.45) is 5.73 Å². The molecule has 0 aliphatic carbocycles. The van der Waals surface area contributed by atoms with Crippen LogP contribution in [0.2, 0.25) is 0 Å². The summed E-state index contributed by atoms with van der Waals surface area (Å²) in [5, 5.41) is 6.85. The Bertz CT molecular complexity index is 727. The number of fused-ring (bicyclic) bond motifs is 1. The third-order valence-electron chi connectivity index (χ3n) is 3.73. The van der Waals surface area contributed by atoms with Gasteiger partial charge in [-0.25, -0.2) is 0 Å². The molecule has 0 fully saturated rings. The lowest BCUT2D eigenvalue weighted by Crippen LogP contribution is -2.14. The quantitative estimate of drug-likeness (QED) is 0.723. The summed E-state index contributed by atoms with van der Waals surface area (Å²) >= 11 is 1.72. The molecular formula is C17H17NS. The minimum atomic E-state index is -0.0441. The lowest BCUT2D eigenvalue weighted by molar-refractivity contribution is 0.868. The second-order valence-corrected chi connectivity index (χ2v) is 5.75. The molecule has 19 heavy (non-hydrogen) atoms. The summed E-state index contributed by atoms with van der Waals surface area (Å²) in [7, 11) is 0. The Morgan fingerprint density at radius 2 is 1.74 bits per heavy atom. The summed E-state index contributed by atoms with van der Waals surface area (Å²) in [6.45, 7) is 4.27. The SMILES string of the molecule is Cc1cscc1C(N)c1c(C)ccc2ccccc12. The van der Waals surface area contributed by atoms with E-state index in [1.54, 1.807) is 11.3 Å². The molecule has 1 aromatic heterocycles.